The van der Waals surface area contributed by atoms with Crippen molar-refractivity contribution in [2.24, 2.45) is 5.73 Å². The minimum absolute atomic E-state index is 0.0265. The summed E-state index contributed by atoms with van der Waals surface area (Å²) >= 11 is 0. The number of hydrogen-bond acceptors (Lipinski definition) is 4. The average molecular weight is 292 g/mol. The van der Waals surface area contributed by atoms with E-state index in [1.54, 1.807) is 14.2 Å². The second-order valence-electron chi connectivity index (χ2n) is 6.19. The number of nitrogens with two attached hydrogens (primary N) is 1. The highest BCUT2D eigenvalue weighted by molar-refractivity contribution is 5.41. The molecule has 1 fully saturated rings. The first-order valence-electron chi connectivity index (χ1n) is 7.84. The molecule has 1 saturated carbocycles. The first kappa shape index (κ1) is 16.2. The Kier molecular flexibility index (Phi) is 5.22. The summed E-state index contributed by atoms with van der Waals surface area (Å²) in [7, 11) is 3.50. The molecular formula is C17H28N2O2. The summed E-state index contributed by atoms with van der Waals surface area (Å²) in [5.74, 6) is 0.919. The van der Waals surface area contributed by atoms with Gasteiger partial charge in [0.05, 0.1) is 12.7 Å². The van der Waals surface area contributed by atoms with Crippen LogP contribution in [0.1, 0.15) is 48.9 Å². The molecule has 1 aliphatic carbocycles. The van der Waals surface area contributed by atoms with Crippen LogP contribution < -0.4 is 10.5 Å². The Morgan fingerprint density at radius 3 is 2.48 bits per heavy atom. The number of nitrogens with zero attached hydrogens (tertiary/aromatic N) is 1. The highest BCUT2D eigenvalue weighted by Gasteiger charge is 2.38. The Labute approximate surface area is 128 Å². The molecule has 0 spiro atoms. The minimum atomic E-state index is -0.190. The van der Waals surface area contributed by atoms with Crippen LogP contribution in [0.4, 0.5) is 0 Å². The van der Waals surface area contributed by atoms with Gasteiger partial charge in [0.1, 0.15) is 5.75 Å². The van der Waals surface area contributed by atoms with E-state index >= 15 is 0 Å². The lowest BCUT2D eigenvalue weighted by Gasteiger charge is -2.41. The quantitative estimate of drug-likeness (QED) is 0.906. The minimum Gasteiger partial charge on any atom is -0.496 e. The van der Waals surface area contributed by atoms with Crippen LogP contribution >= 0.6 is 0 Å². The van der Waals surface area contributed by atoms with Crippen LogP contribution in [-0.2, 0) is 11.2 Å². The van der Waals surface area contributed by atoms with Gasteiger partial charge in [-0.05, 0) is 26.7 Å². The monoisotopic (exact) mass is 292 g/mol. The maximum absolute atomic E-state index is 6.52. The zero-order valence-electron chi connectivity index (χ0n) is 13.7. The lowest BCUT2D eigenvalue weighted by atomic mass is 9.77. The third kappa shape index (κ3) is 3.22. The van der Waals surface area contributed by atoms with Gasteiger partial charge in [-0.15, -0.1) is 0 Å². The molecule has 4 heteroatoms. The van der Waals surface area contributed by atoms with Gasteiger partial charge in [-0.1, -0.05) is 19.3 Å². The highest BCUT2D eigenvalue weighted by Crippen LogP contribution is 2.35. The maximum atomic E-state index is 6.52. The molecule has 0 amide bonds. The Balaban J connectivity index is 2.20. The lowest BCUT2D eigenvalue weighted by molar-refractivity contribution is -0.0584. The molecule has 1 aromatic heterocycles. The second-order valence-corrected chi connectivity index (χ2v) is 6.19. The topological polar surface area (TPSA) is 57.4 Å². The van der Waals surface area contributed by atoms with Gasteiger partial charge in [0.2, 0.25) is 0 Å². The molecule has 21 heavy (non-hydrogen) atoms. The number of aromatic nitrogens is 1. The molecule has 1 aliphatic rings. The van der Waals surface area contributed by atoms with E-state index < -0.39 is 0 Å². The molecule has 0 radical (unpaired) electrons. The van der Waals surface area contributed by atoms with Crippen molar-refractivity contribution < 1.29 is 9.47 Å². The predicted octanol–water partition coefficient (Wildman–Crippen LogP) is 2.93. The molecule has 2 rings (SSSR count). The molecule has 4 nitrogen and oxygen atoms in total. The summed E-state index contributed by atoms with van der Waals surface area (Å²) in [6, 6.07) is -0.0265. The van der Waals surface area contributed by atoms with Crippen molar-refractivity contribution >= 4 is 0 Å². The van der Waals surface area contributed by atoms with Crippen molar-refractivity contribution in [1.29, 1.82) is 0 Å². The van der Waals surface area contributed by atoms with E-state index in [9.17, 15) is 0 Å². The van der Waals surface area contributed by atoms with E-state index in [2.05, 4.69) is 11.9 Å². The Morgan fingerprint density at radius 1 is 1.24 bits per heavy atom. The molecule has 1 atom stereocenters. The van der Waals surface area contributed by atoms with E-state index in [0.29, 0.717) is 0 Å². The molecule has 118 valence electrons. The number of aryl methyl sites for hydroxylation is 1. The zero-order valence-corrected chi connectivity index (χ0v) is 13.7. The van der Waals surface area contributed by atoms with Crippen molar-refractivity contribution in [2.75, 3.05) is 14.2 Å². The third-order valence-electron chi connectivity index (χ3n) is 4.95. The summed E-state index contributed by atoms with van der Waals surface area (Å²) < 4.78 is 11.3. The number of rotatable bonds is 5. The largest absolute Gasteiger partial charge is 0.496 e. The SMILES string of the molecule is COc1c(C)cnc(CC(N)C2(OC)CCCCC2)c1C. The fraction of sp³-hybridized carbons (Fsp3) is 0.706. The standard InChI is InChI=1S/C17H28N2O2/c1-12-11-19-14(13(2)16(12)20-3)10-15(18)17(21-4)8-6-5-7-9-17/h11,15H,5-10,18H2,1-4H3. The normalized spacial score (nSPS) is 19.3. The summed E-state index contributed by atoms with van der Waals surface area (Å²) in [5, 5.41) is 0. The van der Waals surface area contributed by atoms with Crippen molar-refractivity contribution in [3.05, 3.63) is 23.0 Å². The fourth-order valence-electron chi connectivity index (χ4n) is 3.55. The maximum Gasteiger partial charge on any atom is 0.128 e. The van der Waals surface area contributed by atoms with Crippen LogP contribution in [0.5, 0.6) is 5.75 Å². The van der Waals surface area contributed by atoms with Crippen molar-refractivity contribution in [3.8, 4) is 5.75 Å². The summed E-state index contributed by atoms with van der Waals surface area (Å²) in [6.07, 6.45) is 8.38. The summed E-state index contributed by atoms with van der Waals surface area (Å²) in [5.41, 5.74) is 9.50. The average Bonchev–Trinajstić information content (AvgIpc) is 2.51. The van der Waals surface area contributed by atoms with Crippen LogP contribution in [0.2, 0.25) is 0 Å². The van der Waals surface area contributed by atoms with Gasteiger partial charge in [-0.3, -0.25) is 4.98 Å². The van der Waals surface area contributed by atoms with Gasteiger partial charge in [-0.2, -0.15) is 0 Å². The van der Waals surface area contributed by atoms with Crippen molar-refractivity contribution in [1.82, 2.24) is 4.98 Å². The van der Waals surface area contributed by atoms with E-state index in [1.807, 2.05) is 13.1 Å². The van der Waals surface area contributed by atoms with Gasteiger partial charge < -0.3 is 15.2 Å². The van der Waals surface area contributed by atoms with Crippen molar-refractivity contribution in [3.63, 3.8) is 0 Å². The molecule has 1 unspecified atom stereocenters. The highest BCUT2D eigenvalue weighted by atomic mass is 16.5. The number of methoxy groups -OCH3 is 2. The Hall–Kier alpha value is -1.13. The lowest BCUT2D eigenvalue weighted by Crippen LogP contribution is -2.52. The molecule has 1 aromatic rings. The van der Waals surface area contributed by atoms with E-state index in [4.69, 9.17) is 15.2 Å². The summed E-state index contributed by atoms with van der Waals surface area (Å²) in [4.78, 5) is 4.57. The van der Waals surface area contributed by atoms with Crippen LogP contribution in [0.15, 0.2) is 6.20 Å². The smallest absolute Gasteiger partial charge is 0.128 e. The second kappa shape index (κ2) is 6.75. The zero-order chi connectivity index (χ0) is 15.5. The third-order valence-corrected chi connectivity index (χ3v) is 4.95. The summed E-state index contributed by atoms with van der Waals surface area (Å²) in [6.45, 7) is 4.07. The van der Waals surface area contributed by atoms with E-state index in [0.717, 1.165) is 41.8 Å². The first-order valence-corrected chi connectivity index (χ1v) is 7.84. The van der Waals surface area contributed by atoms with Crippen LogP contribution in [0, 0.1) is 13.8 Å². The molecule has 2 N–H and O–H groups in total. The fourth-order valence-corrected chi connectivity index (χ4v) is 3.55. The molecule has 1 heterocycles. The Bertz CT molecular complexity index is 482. The number of hydrogen-bond donors (Lipinski definition) is 1. The molecule has 0 aliphatic heterocycles. The van der Waals surface area contributed by atoms with Crippen molar-refractivity contribution in [2.45, 2.75) is 64.0 Å². The Morgan fingerprint density at radius 2 is 1.90 bits per heavy atom. The van der Waals surface area contributed by atoms with Gasteiger partial charge in [0.15, 0.2) is 0 Å². The van der Waals surface area contributed by atoms with Gasteiger partial charge in [0, 0.05) is 42.6 Å². The molecule has 0 bridgehead atoms. The molecular weight excluding hydrogens is 264 g/mol. The first-order chi connectivity index (χ1) is 10.0. The molecule has 0 saturated heterocycles. The van der Waals surface area contributed by atoms with E-state index in [-0.39, 0.29) is 11.6 Å². The van der Waals surface area contributed by atoms with Gasteiger partial charge >= 0.3 is 0 Å². The van der Waals surface area contributed by atoms with Crippen LogP contribution in [0.25, 0.3) is 0 Å². The molecule has 0 aromatic carbocycles. The predicted molar refractivity (Wildman–Crippen MR) is 84.8 cm³/mol. The number of ether oxygens (including phenoxy) is 2. The van der Waals surface area contributed by atoms with E-state index in [1.165, 1.54) is 19.3 Å². The van der Waals surface area contributed by atoms with Gasteiger partial charge in [0.25, 0.3) is 0 Å². The van der Waals surface area contributed by atoms with Crippen LogP contribution in [0.3, 0.4) is 0 Å². The van der Waals surface area contributed by atoms with Gasteiger partial charge in [-0.25, -0.2) is 0 Å². The van der Waals surface area contributed by atoms with Crippen LogP contribution in [-0.4, -0.2) is 30.8 Å². The number of pyridine rings is 1.